The van der Waals surface area contributed by atoms with E-state index in [2.05, 4.69) is 16.4 Å². The van der Waals surface area contributed by atoms with Crippen LogP contribution in [0.25, 0.3) is 5.69 Å². The van der Waals surface area contributed by atoms with Gasteiger partial charge in [-0.3, -0.25) is 0 Å². The van der Waals surface area contributed by atoms with Gasteiger partial charge in [-0.25, -0.2) is 4.68 Å². The van der Waals surface area contributed by atoms with Crippen molar-refractivity contribution in [2.24, 2.45) is 0 Å². The molecule has 0 aliphatic heterocycles. The molecule has 0 radical (unpaired) electrons. The quantitative estimate of drug-likeness (QED) is 0.727. The molecule has 0 saturated carbocycles. The van der Waals surface area contributed by atoms with Crippen molar-refractivity contribution >= 4 is 0 Å². The van der Waals surface area contributed by atoms with Crippen molar-refractivity contribution in [1.82, 2.24) is 15.0 Å². The van der Waals surface area contributed by atoms with E-state index in [1.165, 1.54) is 5.56 Å². The largest absolute Gasteiger partial charge is 0.216 e. The van der Waals surface area contributed by atoms with Gasteiger partial charge in [0.2, 0.25) is 0 Å². The van der Waals surface area contributed by atoms with Crippen LogP contribution < -0.4 is 0 Å². The maximum absolute atomic E-state index is 8.83. The van der Waals surface area contributed by atoms with E-state index in [1.807, 2.05) is 39.0 Å². The van der Waals surface area contributed by atoms with E-state index >= 15 is 0 Å². The molecule has 0 spiro atoms. The third-order valence-electron chi connectivity index (χ3n) is 2.58. The summed E-state index contributed by atoms with van der Waals surface area (Å²) in [5.41, 5.74) is 4.45. The van der Waals surface area contributed by atoms with Crippen LogP contribution in [0.15, 0.2) is 18.2 Å². The standard InChI is InChI=1S/C12H12N4/c1-8-4-5-12(9(2)6-8)16-10(3)11(7-13)14-15-16/h4-6H,1-3H3. The summed E-state index contributed by atoms with van der Waals surface area (Å²) in [6, 6.07) is 8.12. The molecule has 4 heteroatoms. The average Bonchev–Trinajstić information content (AvgIpc) is 2.60. The lowest BCUT2D eigenvalue weighted by molar-refractivity contribution is 0.780. The Morgan fingerprint density at radius 3 is 2.56 bits per heavy atom. The first-order valence-corrected chi connectivity index (χ1v) is 5.03. The molecule has 1 aromatic carbocycles. The Morgan fingerprint density at radius 2 is 2.00 bits per heavy atom. The molecule has 0 amide bonds. The Morgan fingerprint density at radius 1 is 1.25 bits per heavy atom. The summed E-state index contributed by atoms with van der Waals surface area (Å²) in [6.07, 6.45) is 0. The number of aromatic nitrogens is 3. The number of benzene rings is 1. The number of rotatable bonds is 1. The van der Waals surface area contributed by atoms with Crippen molar-refractivity contribution in [1.29, 1.82) is 5.26 Å². The predicted octanol–water partition coefficient (Wildman–Crippen LogP) is 2.06. The minimum Gasteiger partial charge on any atom is -0.216 e. The first-order valence-electron chi connectivity index (χ1n) is 5.03. The zero-order valence-corrected chi connectivity index (χ0v) is 9.52. The van der Waals surface area contributed by atoms with Gasteiger partial charge < -0.3 is 0 Å². The summed E-state index contributed by atoms with van der Waals surface area (Å²) < 4.78 is 1.70. The SMILES string of the molecule is Cc1ccc(-n2nnc(C#N)c2C)c(C)c1. The Labute approximate surface area is 94.1 Å². The number of hydrogen-bond donors (Lipinski definition) is 0. The Hall–Kier alpha value is -2.15. The summed E-state index contributed by atoms with van der Waals surface area (Å²) in [7, 11) is 0. The maximum Gasteiger partial charge on any atom is 0.186 e. The van der Waals surface area contributed by atoms with Crippen LogP contribution in [0.3, 0.4) is 0 Å². The van der Waals surface area contributed by atoms with Crippen LogP contribution in [0, 0.1) is 32.1 Å². The van der Waals surface area contributed by atoms with Gasteiger partial charge in [-0.1, -0.05) is 22.9 Å². The van der Waals surface area contributed by atoms with E-state index in [-0.39, 0.29) is 0 Å². The summed E-state index contributed by atoms with van der Waals surface area (Å²) in [5.74, 6) is 0. The second kappa shape index (κ2) is 3.78. The monoisotopic (exact) mass is 212 g/mol. The molecule has 2 aromatic rings. The van der Waals surface area contributed by atoms with Gasteiger partial charge >= 0.3 is 0 Å². The molecule has 1 heterocycles. The van der Waals surface area contributed by atoms with Crippen molar-refractivity contribution in [2.45, 2.75) is 20.8 Å². The molecule has 0 saturated heterocycles. The molecule has 0 N–H and O–H groups in total. The van der Waals surface area contributed by atoms with Gasteiger partial charge in [0.25, 0.3) is 0 Å². The molecule has 0 atom stereocenters. The van der Waals surface area contributed by atoms with Crippen LogP contribution in [-0.2, 0) is 0 Å². The molecule has 0 bridgehead atoms. The van der Waals surface area contributed by atoms with Crippen LogP contribution >= 0.6 is 0 Å². The van der Waals surface area contributed by atoms with Crippen molar-refractivity contribution < 1.29 is 0 Å². The van der Waals surface area contributed by atoms with Crippen LogP contribution in [-0.4, -0.2) is 15.0 Å². The second-order valence-electron chi connectivity index (χ2n) is 3.84. The van der Waals surface area contributed by atoms with Gasteiger partial charge in [0.15, 0.2) is 5.69 Å². The maximum atomic E-state index is 8.83. The first-order chi connectivity index (χ1) is 7.63. The van der Waals surface area contributed by atoms with Gasteiger partial charge in [0.1, 0.15) is 6.07 Å². The fourth-order valence-corrected chi connectivity index (χ4v) is 1.70. The lowest BCUT2D eigenvalue weighted by Gasteiger charge is -2.07. The smallest absolute Gasteiger partial charge is 0.186 e. The number of aryl methyl sites for hydroxylation is 2. The minimum absolute atomic E-state index is 0.375. The third-order valence-corrected chi connectivity index (χ3v) is 2.58. The van der Waals surface area contributed by atoms with E-state index in [1.54, 1.807) is 4.68 Å². The highest BCUT2D eigenvalue weighted by atomic mass is 15.4. The van der Waals surface area contributed by atoms with E-state index in [9.17, 15) is 0 Å². The molecular formula is C12H12N4. The molecular weight excluding hydrogens is 200 g/mol. The summed E-state index contributed by atoms with van der Waals surface area (Å²) in [4.78, 5) is 0. The van der Waals surface area contributed by atoms with Crippen LogP contribution in [0.1, 0.15) is 22.5 Å². The number of hydrogen-bond acceptors (Lipinski definition) is 3. The van der Waals surface area contributed by atoms with Crippen molar-refractivity contribution in [3.8, 4) is 11.8 Å². The highest BCUT2D eigenvalue weighted by molar-refractivity contribution is 5.44. The lowest BCUT2D eigenvalue weighted by atomic mass is 10.1. The van der Waals surface area contributed by atoms with Gasteiger partial charge in [0.05, 0.1) is 11.4 Å². The first kappa shape index (κ1) is 10.4. The molecule has 16 heavy (non-hydrogen) atoms. The fourth-order valence-electron chi connectivity index (χ4n) is 1.70. The van der Waals surface area contributed by atoms with E-state index in [0.717, 1.165) is 16.9 Å². The predicted molar refractivity (Wildman–Crippen MR) is 60.3 cm³/mol. The Balaban J connectivity index is 2.60. The van der Waals surface area contributed by atoms with E-state index < -0.39 is 0 Å². The molecule has 0 aliphatic rings. The Bertz CT molecular complexity index is 575. The minimum atomic E-state index is 0.375. The highest BCUT2D eigenvalue weighted by Gasteiger charge is 2.10. The topological polar surface area (TPSA) is 54.5 Å². The normalized spacial score (nSPS) is 10.1. The van der Waals surface area contributed by atoms with Gasteiger partial charge in [-0.2, -0.15) is 5.26 Å². The molecule has 4 nitrogen and oxygen atoms in total. The van der Waals surface area contributed by atoms with Crippen LogP contribution in [0.5, 0.6) is 0 Å². The van der Waals surface area contributed by atoms with Gasteiger partial charge in [0, 0.05) is 0 Å². The Kier molecular flexibility index (Phi) is 2.45. The number of nitrogens with zero attached hydrogens (tertiary/aromatic N) is 4. The highest BCUT2D eigenvalue weighted by Crippen LogP contribution is 2.17. The molecule has 2 rings (SSSR count). The molecule has 0 aliphatic carbocycles. The van der Waals surface area contributed by atoms with Crippen molar-refractivity contribution in [3.63, 3.8) is 0 Å². The van der Waals surface area contributed by atoms with Crippen LogP contribution in [0.2, 0.25) is 0 Å². The van der Waals surface area contributed by atoms with Crippen LogP contribution in [0.4, 0.5) is 0 Å². The fraction of sp³-hybridized carbons (Fsp3) is 0.250. The third kappa shape index (κ3) is 1.57. The molecule has 0 unspecified atom stereocenters. The zero-order chi connectivity index (χ0) is 11.7. The summed E-state index contributed by atoms with van der Waals surface area (Å²) in [5, 5.41) is 16.6. The molecule has 1 aromatic heterocycles. The average molecular weight is 212 g/mol. The van der Waals surface area contributed by atoms with Crippen molar-refractivity contribution in [2.75, 3.05) is 0 Å². The lowest BCUT2D eigenvalue weighted by Crippen LogP contribution is -2.01. The van der Waals surface area contributed by atoms with E-state index in [0.29, 0.717) is 5.69 Å². The summed E-state index contributed by atoms with van der Waals surface area (Å²) in [6.45, 7) is 5.92. The zero-order valence-electron chi connectivity index (χ0n) is 9.52. The second-order valence-corrected chi connectivity index (χ2v) is 3.84. The van der Waals surface area contributed by atoms with E-state index in [4.69, 9.17) is 5.26 Å². The summed E-state index contributed by atoms with van der Waals surface area (Å²) >= 11 is 0. The van der Waals surface area contributed by atoms with Crippen molar-refractivity contribution in [3.05, 3.63) is 40.7 Å². The van der Waals surface area contributed by atoms with Gasteiger partial charge in [-0.05, 0) is 32.4 Å². The number of nitriles is 1. The van der Waals surface area contributed by atoms with Gasteiger partial charge in [-0.15, -0.1) is 5.10 Å². The molecule has 0 fully saturated rings. The molecule has 80 valence electrons.